The van der Waals surface area contributed by atoms with Crippen LogP contribution in [0.3, 0.4) is 0 Å². The number of nitrogens with zero attached hydrogens (tertiary/aromatic N) is 1. The number of hydrogen-bond acceptors (Lipinski definition) is 5. The number of hydrogen-bond donors (Lipinski definition) is 4. The molecule has 0 aromatic carbocycles. The van der Waals surface area contributed by atoms with Crippen molar-refractivity contribution in [1.29, 1.82) is 0 Å². The van der Waals surface area contributed by atoms with Crippen LogP contribution in [0.1, 0.15) is 12.8 Å². The highest BCUT2D eigenvalue weighted by Crippen LogP contribution is 2.10. The summed E-state index contributed by atoms with van der Waals surface area (Å²) >= 11 is 0. The molecular weight excluding hydrogens is 252 g/mol. The van der Waals surface area contributed by atoms with Crippen molar-refractivity contribution in [3.8, 4) is 5.75 Å². The van der Waals surface area contributed by atoms with E-state index in [1.165, 1.54) is 18.3 Å². The van der Waals surface area contributed by atoms with E-state index in [0.717, 1.165) is 0 Å². The van der Waals surface area contributed by atoms with Crippen molar-refractivity contribution in [2.75, 3.05) is 5.32 Å². The number of carbonyl (C=O) groups is 3. The Labute approximate surface area is 108 Å². The predicted octanol–water partition coefficient (Wildman–Crippen LogP) is -0.286. The zero-order chi connectivity index (χ0) is 13.8. The first-order valence-electron chi connectivity index (χ1n) is 5.61. The number of aromatic nitrogens is 1. The molecule has 100 valence electrons. The second kappa shape index (κ2) is 5.34. The van der Waals surface area contributed by atoms with Crippen LogP contribution in [-0.4, -0.2) is 34.0 Å². The van der Waals surface area contributed by atoms with E-state index in [9.17, 15) is 14.4 Å². The van der Waals surface area contributed by atoms with E-state index in [1.807, 2.05) is 0 Å². The molecule has 19 heavy (non-hydrogen) atoms. The second-order valence-electron chi connectivity index (χ2n) is 4.00. The van der Waals surface area contributed by atoms with Crippen molar-refractivity contribution >= 4 is 23.7 Å². The van der Waals surface area contributed by atoms with Gasteiger partial charge in [-0.2, -0.15) is 0 Å². The molecule has 0 radical (unpaired) electrons. The van der Waals surface area contributed by atoms with Gasteiger partial charge in [0, 0.05) is 6.42 Å². The van der Waals surface area contributed by atoms with E-state index in [-0.39, 0.29) is 30.3 Å². The molecule has 0 aliphatic carbocycles. The molecule has 2 heterocycles. The minimum absolute atomic E-state index is 0.0175. The Hall–Kier alpha value is -2.64. The molecule has 2 rings (SSSR count). The maximum atomic E-state index is 11.6. The second-order valence-corrected chi connectivity index (χ2v) is 4.00. The summed E-state index contributed by atoms with van der Waals surface area (Å²) in [7, 11) is 0. The topological polar surface area (TPSA) is 120 Å². The van der Waals surface area contributed by atoms with E-state index in [0.29, 0.717) is 0 Å². The summed E-state index contributed by atoms with van der Waals surface area (Å²) in [6.07, 6.45) is 1.64. The number of pyridine rings is 1. The summed E-state index contributed by atoms with van der Waals surface area (Å²) in [5.41, 5.74) is 0. The molecule has 4 amide bonds. The zero-order valence-electron chi connectivity index (χ0n) is 9.84. The maximum Gasteiger partial charge on any atom is 0.321 e. The highest BCUT2D eigenvalue weighted by molar-refractivity contribution is 6.02. The van der Waals surface area contributed by atoms with Crippen LogP contribution in [0.15, 0.2) is 18.3 Å². The Balaban J connectivity index is 1.89. The van der Waals surface area contributed by atoms with Crippen molar-refractivity contribution < 1.29 is 19.5 Å². The van der Waals surface area contributed by atoms with Crippen molar-refractivity contribution in [3.63, 3.8) is 0 Å². The van der Waals surface area contributed by atoms with Crippen LogP contribution < -0.4 is 16.0 Å². The van der Waals surface area contributed by atoms with Gasteiger partial charge in [-0.3, -0.25) is 20.2 Å². The average Bonchev–Trinajstić information content (AvgIpc) is 2.36. The Morgan fingerprint density at radius 1 is 1.42 bits per heavy atom. The summed E-state index contributed by atoms with van der Waals surface area (Å²) < 4.78 is 0. The standard InChI is InChI=1S/C11H12N4O4/c16-6-1-3-8(12-5-6)14-11(19)13-7-2-4-9(17)15-10(7)18/h1,3,5,7,16H,2,4H2,(H,15,17,18)(H2,12,13,14,19). The molecule has 1 unspecified atom stereocenters. The van der Waals surface area contributed by atoms with Crippen LogP contribution in [0.5, 0.6) is 5.75 Å². The predicted molar refractivity (Wildman–Crippen MR) is 64.2 cm³/mol. The fourth-order valence-electron chi connectivity index (χ4n) is 1.60. The first-order chi connectivity index (χ1) is 9.04. The van der Waals surface area contributed by atoms with Gasteiger partial charge in [-0.15, -0.1) is 0 Å². The van der Waals surface area contributed by atoms with Gasteiger partial charge >= 0.3 is 6.03 Å². The van der Waals surface area contributed by atoms with Crippen molar-refractivity contribution in [1.82, 2.24) is 15.6 Å². The van der Waals surface area contributed by atoms with Gasteiger partial charge in [0.15, 0.2) is 0 Å². The molecule has 1 fully saturated rings. The number of carbonyl (C=O) groups excluding carboxylic acids is 3. The maximum absolute atomic E-state index is 11.6. The van der Waals surface area contributed by atoms with Crippen molar-refractivity contribution in [2.24, 2.45) is 0 Å². The first kappa shape index (κ1) is 12.8. The van der Waals surface area contributed by atoms with Gasteiger partial charge in [-0.05, 0) is 18.6 Å². The van der Waals surface area contributed by atoms with E-state index < -0.39 is 18.0 Å². The normalized spacial score (nSPS) is 18.6. The van der Waals surface area contributed by atoms with Gasteiger partial charge in [-0.25, -0.2) is 9.78 Å². The molecule has 0 bridgehead atoms. The molecule has 1 aromatic rings. The van der Waals surface area contributed by atoms with Crippen LogP contribution in [0.4, 0.5) is 10.6 Å². The van der Waals surface area contributed by atoms with E-state index >= 15 is 0 Å². The third-order valence-electron chi connectivity index (χ3n) is 2.53. The van der Waals surface area contributed by atoms with Crippen LogP contribution in [0, 0.1) is 0 Å². The van der Waals surface area contributed by atoms with Crippen molar-refractivity contribution in [3.05, 3.63) is 18.3 Å². The number of piperidine rings is 1. The minimum Gasteiger partial charge on any atom is -0.506 e. The molecule has 8 heteroatoms. The third-order valence-corrected chi connectivity index (χ3v) is 2.53. The summed E-state index contributed by atoms with van der Waals surface area (Å²) in [5.74, 6) is -0.646. The van der Waals surface area contributed by atoms with E-state index in [1.54, 1.807) is 0 Å². The number of rotatable bonds is 2. The van der Waals surface area contributed by atoms with Crippen LogP contribution in [-0.2, 0) is 9.59 Å². The molecule has 1 atom stereocenters. The smallest absolute Gasteiger partial charge is 0.321 e. The van der Waals surface area contributed by atoms with Gasteiger partial charge in [0.05, 0.1) is 6.20 Å². The molecular formula is C11H12N4O4. The largest absolute Gasteiger partial charge is 0.506 e. The Bertz CT molecular complexity index is 514. The highest BCUT2D eigenvalue weighted by Gasteiger charge is 2.27. The van der Waals surface area contributed by atoms with Gasteiger partial charge < -0.3 is 10.4 Å². The van der Waals surface area contributed by atoms with E-state index in [2.05, 4.69) is 20.9 Å². The van der Waals surface area contributed by atoms with Crippen molar-refractivity contribution in [2.45, 2.75) is 18.9 Å². The van der Waals surface area contributed by atoms with E-state index in [4.69, 9.17) is 5.11 Å². The zero-order valence-corrected chi connectivity index (χ0v) is 9.84. The summed E-state index contributed by atoms with van der Waals surface area (Å²) in [6, 6.07) is 1.44. The van der Waals surface area contributed by atoms with Gasteiger partial charge in [0.25, 0.3) is 0 Å². The first-order valence-corrected chi connectivity index (χ1v) is 5.61. The highest BCUT2D eigenvalue weighted by atomic mass is 16.3. The fraction of sp³-hybridized carbons (Fsp3) is 0.273. The number of amides is 4. The SMILES string of the molecule is O=C1CCC(NC(=O)Nc2ccc(O)cn2)C(=O)N1. The minimum atomic E-state index is -0.741. The molecule has 1 aromatic heterocycles. The molecule has 0 spiro atoms. The lowest BCUT2D eigenvalue weighted by molar-refractivity contribution is -0.134. The Kier molecular flexibility index (Phi) is 3.60. The fourth-order valence-corrected chi connectivity index (χ4v) is 1.60. The summed E-state index contributed by atoms with van der Waals surface area (Å²) in [5, 5.41) is 16.0. The summed E-state index contributed by atoms with van der Waals surface area (Å²) in [6.45, 7) is 0. The van der Waals surface area contributed by atoms with Crippen LogP contribution in [0.2, 0.25) is 0 Å². The molecule has 8 nitrogen and oxygen atoms in total. The van der Waals surface area contributed by atoms with Gasteiger partial charge in [0.2, 0.25) is 11.8 Å². The van der Waals surface area contributed by atoms with Crippen LogP contribution >= 0.6 is 0 Å². The molecule has 1 aliphatic heterocycles. The molecule has 0 saturated carbocycles. The molecule has 4 N–H and O–H groups in total. The lowest BCUT2D eigenvalue weighted by atomic mass is 10.1. The van der Waals surface area contributed by atoms with Gasteiger partial charge in [-0.1, -0.05) is 0 Å². The lowest BCUT2D eigenvalue weighted by Gasteiger charge is -2.21. The Morgan fingerprint density at radius 3 is 2.84 bits per heavy atom. The number of anilines is 1. The van der Waals surface area contributed by atoms with Gasteiger partial charge in [0.1, 0.15) is 17.6 Å². The average molecular weight is 264 g/mol. The third kappa shape index (κ3) is 3.41. The monoisotopic (exact) mass is 264 g/mol. The Morgan fingerprint density at radius 2 is 2.21 bits per heavy atom. The number of nitrogens with one attached hydrogen (secondary N) is 3. The molecule has 1 aliphatic rings. The summed E-state index contributed by atoms with van der Waals surface area (Å²) in [4.78, 5) is 37.7. The number of aromatic hydroxyl groups is 1. The number of urea groups is 1. The quantitative estimate of drug-likeness (QED) is 0.547. The molecule has 1 saturated heterocycles. The lowest BCUT2D eigenvalue weighted by Crippen LogP contribution is -2.53. The van der Waals surface area contributed by atoms with Crippen LogP contribution in [0.25, 0.3) is 0 Å². The number of imide groups is 1.